The summed E-state index contributed by atoms with van der Waals surface area (Å²) < 4.78 is 4.79. The van der Waals surface area contributed by atoms with Gasteiger partial charge in [-0.15, -0.1) is 0 Å². The number of aromatic nitrogens is 1. The van der Waals surface area contributed by atoms with Crippen LogP contribution in [0.4, 0.5) is 5.69 Å². The molecule has 0 aliphatic carbocycles. The van der Waals surface area contributed by atoms with Crippen LogP contribution in [0.3, 0.4) is 0 Å². The maximum Gasteiger partial charge on any atom is 0.213 e. The SMILES string of the molecule is COc1cc(C=O)c(N)cn1. The zero-order chi connectivity index (χ0) is 8.27. The topological polar surface area (TPSA) is 65.2 Å². The van der Waals surface area contributed by atoms with E-state index in [-0.39, 0.29) is 0 Å². The van der Waals surface area contributed by atoms with E-state index in [1.807, 2.05) is 0 Å². The number of methoxy groups -OCH3 is 1. The Morgan fingerprint density at radius 1 is 1.73 bits per heavy atom. The number of rotatable bonds is 2. The van der Waals surface area contributed by atoms with E-state index in [1.165, 1.54) is 19.4 Å². The Labute approximate surface area is 64.0 Å². The van der Waals surface area contributed by atoms with E-state index in [9.17, 15) is 4.79 Å². The fourth-order valence-corrected chi connectivity index (χ4v) is 0.675. The Hall–Kier alpha value is -1.58. The van der Waals surface area contributed by atoms with Crippen LogP contribution in [0.2, 0.25) is 0 Å². The van der Waals surface area contributed by atoms with E-state index in [1.54, 1.807) is 0 Å². The van der Waals surface area contributed by atoms with E-state index in [4.69, 9.17) is 10.5 Å². The van der Waals surface area contributed by atoms with E-state index in [2.05, 4.69) is 4.98 Å². The number of hydrogen-bond donors (Lipinski definition) is 1. The van der Waals surface area contributed by atoms with Crippen molar-refractivity contribution >= 4 is 12.0 Å². The predicted molar refractivity (Wildman–Crippen MR) is 40.6 cm³/mol. The number of aldehydes is 1. The average Bonchev–Trinajstić information content (AvgIpc) is 2.05. The quantitative estimate of drug-likeness (QED) is 0.626. The lowest BCUT2D eigenvalue weighted by molar-refractivity contribution is 0.112. The van der Waals surface area contributed by atoms with Crippen molar-refractivity contribution < 1.29 is 9.53 Å². The Bertz CT molecular complexity index is 273. The van der Waals surface area contributed by atoms with Crippen LogP contribution in [0.15, 0.2) is 12.3 Å². The number of carbonyl (C=O) groups is 1. The van der Waals surface area contributed by atoms with Crippen molar-refractivity contribution in [3.05, 3.63) is 17.8 Å². The average molecular weight is 152 g/mol. The van der Waals surface area contributed by atoms with Crippen LogP contribution >= 0.6 is 0 Å². The molecule has 0 radical (unpaired) electrons. The van der Waals surface area contributed by atoms with Gasteiger partial charge < -0.3 is 10.5 Å². The Morgan fingerprint density at radius 2 is 2.45 bits per heavy atom. The molecule has 4 heteroatoms. The summed E-state index contributed by atoms with van der Waals surface area (Å²) in [5, 5.41) is 0. The molecule has 1 aromatic heterocycles. The normalized spacial score (nSPS) is 9.18. The minimum Gasteiger partial charge on any atom is -0.481 e. The van der Waals surface area contributed by atoms with Crippen LogP contribution in [0.5, 0.6) is 5.88 Å². The fourth-order valence-electron chi connectivity index (χ4n) is 0.675. The highest BCUT2D eigenvalue weighted by molar-refractivity contribution is 5.83. The van der Waals surface area contributed by atoms with Crippen LogP contribution in [-0.4, -0.2) is 18.4 Å². The third-order valence-electron chi connectivity index (χ3n) is 1.28. The Balaban J connectivity index is 3.12. The summed E-state index contributed by atoms with van der Waals surface area (Å²) in [4.78, 5) is 14.1. The van der Waals surface area contributed by atoms with Crippen molar-refractivity contribution in [1.82, 2.24) is 4.98 Å². The largest absolute Gasteiger partial charge is 0.481 e. The summed E-state index contributed by atoms with van der Waals surface area (Å²) >= 11 is 0. The monoisotopic (exact) mass is 152 g/mol. The number of carbonyl (C=O) groups excluding carboxylic acids is 1. The molecule has 0 saturated carbocycles. The molecular weight excluding hydrogens is 144 g/mol. The van der Waals surface area contributed by atoms with Gasteiger partial charge in [-0.1, -0.05) is 0 Å². The number of nitrogen functional groups attached to an aromatic ring is 1. The first-order valence-corrected chi connectivity index (χ1v) is 3.02. The van der Waals surface area contributed by atoms with Gasteiger partial charge in [0, 0.05) is 11.6 Å². The number of nitrogens with zero attached hydrogens (tertiary/aromatic N) is 1. The molecule has 4 nitrogen and oxygen atoms in total. The van der Waals surface area contributed by atoms with E-state index >= 15 is 0 Å². The highest BCUT2D eigenvalue weighted by atomic mass is 16.5. The number of pyridine rings is 1. The second-order valence-corrected chi connectivity index (χ2v) is 1.97. The number of ether oxygens (including phenoxy) is 1. The maximum atomic E-state index is 10.3. The van der Waals surface area contributed by atoms with Crippen LogP contribution in [0.1, 0.15) is 10.4 Å². The van der Waals surface area contributed by atoms with Gasteiger partial charge in [0.15, 0.2) is 6.29 Å². The molecule has 1 rings (SSSR count). The van der Waals surface area contributed by atoms with Crippen molar-refractivity contribution in [2.45, 2.75) is 0 Å². The highest BCUT2D eigenvalue weighted by Crippen LogP contribution is 2.13. The third kappa shape index (κ3) is 1.46. The molecule has 11 heavy (non-hydrogen) atoms. The molecule has 58 valence electrons. The number of anilines is 1. The Morgan fingerprint density at radius 3 is 3.00 bits per heavy atom. The molecule has 0 spiro atoms. The molecule has 1 heterocycles. The van der Waals surface area contributed by atoms with Crippen LogP contribution < -0.4 is 10.5 Å². The molecule has 0 unspecified atom stereocenters. The van der Waals surface area contributed by atoms with Gasteiger partial charge >= 0.3 is 0 Å². The first-order valence-electron chi connectivity index (χ1n) is 3.02. The van der Waals surface area contributed by atoms with Crippen molar-refractivity contribution in [2.75, 3.05) is 12.8 Å². The lowest BCUT2D eigenvalue weighted by Gasteiger charge is -2.00. The summed E-state index contributed by atoms with van der Waals surface area (Å²) in [5.74, 6) is 0.390. The van der Waals surface area contributed by atoms with Crippen LogP contribution in [-0.2, 0) is 0 Å². The van der Waals surface area contributed by atoms with Crippen molar-refractivity contribution in [2.24, 2.45) is 0 Å². The van der Waals surface area contributed by atoms with Crippen molar-refractivity contribution in [1.29, 1.82) is 0 Å². The standard InChI is InChI=1S/C7H8N2O2/c1-11-7-2-5(4-10)6(8)3-9-7/h2-4H,8H2,1H3. The molecule has 0 amide bonds. The molecule has 0 aromatic carbocycles. The number of hydrogen-bond acceptors (Lipinski definition) is 4. The molecule has 1 aromatic rings. The van der Waals surface area contributed by atoms with E-state index < -0.39 is 0 Å². The Kier molecular flexibility index (Phi) is 2.06. The fraction of sp³-hybridized carbons (Fsp3) is 0.143. The minimum atomic E-state index is 0.362. The van der Waals surface area contributed by atoms with Gasteiger partial charge in [0.1, 0.15) is 0 Å². The third-order valence-corrected chi connectivity index (χ3v) is 1.28. The molecule has 0 saturated heterocycles. The van der Waals surface area contributed by atoms with Crippen LogP contribution in [0, 0.1) is 0 Å². The summed E-state index contributed by atoms with van der Waals surface area (Å²) in [6, 6.07) is 1.49. The zero-order valence-corrected chi connectivity index (χ0v) is 6.07. The highest BCUT2D eigenvalue weighted by Gasteiger charge is 1.99. The van der Waals surface area contributed by atoms with Gasteiger partial charge in [-0.3, -0.25) is 4.79 Å². The maximum absolute atomic E-state index is 10.3. The smallest absolute Gasteiger partial charge is 0.213 e. The summed E-state index contributed by atoms with van der Waals surface area (Å²) in [5.41, 5.74) is 6.17. The van der Waals surface area contributed by atoms with Gasteiger partial charge in [0.05, 0.1) is 19.0 Å². The second-order valence-electron chi connectivity index (χ2n) is 1.97. The first kappa shape index (κ1) is 7.53. The van der Waals surface area contributed by atoms with Crippen molar-refractivity contribution in [3.8, 4) is 5.88 Å². The predicted octanol–water partition coefficient (Wildman–Crippen LogP) is 0.485. The van der Waals surface area contributed by atoms with Gasteiger partial charge in [0.25, 0.3) is 0 Å². The molecule has 0 atom stereocenters. The van der Waals surface area contributed by atoms with Crippen LogP contribution in [0.25, 0.3) is 0 Å². The van der Waals surface area contributed by atoms with Crippen molar-refractivity contribution in [3.63, 3.8) is 0 Å². The van der Waals surface area contributed by atoms with Gasteiger partial charge in [-0.2, -0.15) is 0 Å². The van der Waals surface area contributed by atoms with E-state index in [0.29, 0.717) is 23.4 Å². The summed E-state index contributed by atoms with van der Waals surface area (Å²) in [6.07, 6.45) is 2.06. The van der Waals surface area contributed by atoms with Gasteiger partial charge in [-0.25, -0.2) is 4.98 Å². The van der Waals surface area contributed by atoms with E-state index in [0.717, 1.165) is 0 Å². The number of nitrogens with two attached hydrogens (primary N) is 1. The summed E-state index contributed by atoms with van der Waals surface area (Å²) in [7, 11) is 1.48. The first-order chi connectivity index (χ1) is 5.27. The molecule has 0 fully saturated rings. The van der Waals surface area contributed by atoms with Gasteiger partial charge in [0.2, 0.25) is 5.88 Å². The van der Waals surface area contributed by atoms with Gasteiger partial charge in [-0.05, 0) is 0 Å². The lowest BCUT2D eigenvalue weighted by Crippen LogP contribution is -1.96. The summed E-state index contributed by atoms with van der Waals surface area (Å²) in [6.45, 7) is 0. The minimum absolute atomic E-state index is 0.362. The molecule has 0 bridgehead atoms. The zero-order valence-electron chi connectivity index (χ0n) is 6.07. The molecular formula is C7H8N2O2. The molecule has 0 aliphatic heterocycles. The molecule has 2 N–H and O–H groups in total. The lowest BCUT2D eigenvalue weighted by atomic mass is 10.2. The second kappa shape index (κ2) is 3.01. The molecule has 0 aliphatic rings.